The number of halogens is 2. The minimum atomic E-state index is -4.30. The number of rotatable bonds is 6. The van der Waals surface area contributed by atoms with Crippen molar-refractivity contribution in [2.75, 3.05) is 6.61 Å². The number of hydrogen-bond acceptors (Lipinski definition) is 5. The molecule has 4 rings (SSSR count). The van der Waals surface area contributed by atoms with Crippen molar-refractivity contribution >= 4 is 11.9 Å². The van der Waals surface area contributed by atoms with Crippen LogP contribution in [0.5, 0.6) is 0 Å². The van der Waals surface area contributed by atoms with Crippen LogP contribution < -0.4 is 5.11 Å². The second kappa shape index (κ2) is 5.69. The molecule has 0 aliphatic heterocycles. The zero-order chi connectivity index (χ0) is 16.8. The molecule has 7 heteroatoms. The average molecular weight is 331 g/mol. The van der Waals surface area contributed by atoms with Gasteiger partial charge in [-0.3, -0.25) is 4.79 Å². The van der Waals surface area contributed by atoms with E-state index in [1.807, 2.05) is 0 Å². The van der Waals surface area contributed by atoms with Crippen molar-refractivity contribution in [2.45, 2.75) is 57.0 Å². The molecule has 0 spiro atoms. The number of hydrogen-bond donors (Lipinski definition) is 1. The fourth-order valence-corrected chi connectivity index (χ4v) is 5.18. The number of aliphatic hydroxyl groups is 1. The van der Waals surface area contributed by atoms with Crippen molar-refractivity contribution in [3.8, 4) is 0 Å². The maximum Gasteiger partial charge on any atom is 0.323 e. The van der Waals surface area contributed by atoms with Crippen molar-refractivity contribution in [1.82, 2.24) is 0 Å². The lowest BCUT2D eigenvalue weighted by molar-refractivity contribution is -0.337. The summed E-state index contributed by atoms with van der Waals surface area (Å²) >= 11 is 0. The lowest BCUT2D eigenvalue weighted by Crippen LogP contribution is -2.55. The molecule has 1 unspecified atom stereocenters. The molecule has 4 aliphatic rings. The maximum absolute atomic E-state index is 13.7. The molecule has 0 amide bonds. The SMILES string of the molecule is O=C(OC(CCO)C(F)(F)C(=O)[O-])C12CC3CC(CC(C3)C1)C2. The van der Waals surface area contributed by atoms with Crippen LogP contribution in [0.2, 0.25) is 0 Å². The van der Waals surface area contributed by atoms with Gasteiger partial charge in [-0.2, -0.15) is 8.78 Å². The molecular formula is C16H21F2O5-. The number of ether oxygens (including phenoxy) is 1. The first-order valence-electron chi connectivity index (χ1n) is 8.18. The molecule has 4 saturated carbocycles. The Hall–Kier alpha value is -1.24. The van der Waals surface area contributed by atoms with Crippen LogP contribution in [0.4, 0.5) is 8.78 Å². The molecule has 0 radical (unpaired) electrons. The third kappa shape index (κ3) is 2.84. The monoisotopic (exact) mass is 331 g/mol. The molecule has 0 aromatic carbocycles. The average Bonchev–Trinajstić information content (AvgIpc) is 2.45. The number of alkyl halides is 2. The maximum atomic E-state index is 13.7. The molecule has 0 aromatic heterocycles. The largest absolute Gasteiger partial charge is 0.544 e. The van der Waals surface area contributed by atoms with E-state index in [0.717, 1.165) is 19.3 Å². The van der Waals surface area contributed by atoms with Crippen LogP contribution in [-0.2, 0) is 14.3 Å². The van der Waals surface area contributed by atoms with E-state index in [9.17, 15) is 23.5 Å². The first kappa shape index (κ1) is 16.6. The molecule has 4 bridgehead atoms. The smallest absolute Gasteiger partial charge is 0.323 e. The van der Waals surface area contributed by atoms with E-state index >= 15 is 0 Å². The fraction of sp³-hybridized carbons (Fsp3) is 0.875. The van der Waals surface area contributed by atoms with Crippen molar-refractivity contribution < 1.29 is 33.3 Å². The first-order valence-corrected chi connectivity index (χ1v) is 8.18. The van der Waals surface area contributed by atoms with E-state index in [0.29, 0.717) is 37.0 Å². The highest BCUT2D eigenvalue weighted by molar-refractivity contribution is 5.79. The molecule has 1 N–H and O–H groups in total. The number of carbonyl (C=O) groups is 2. The summed E-state index contributed by atoms with van der Waals surface area (Å²) in [6.07, 6.45) is 2.37. The molecule has 5 nitrogen and oxygen atoms in total. The highest BCUT2D eigenvalue weighted by atomic mass is 19.3. The molecule has 0 heterocycles. The van der Waals surface area contributed by atoms with Gasteiger partial charge in [0, 0.05) is 13.0 Å². The number of carboxylic acids is 1. The Morgan fingerprint density at radius 2 is 1.65 bits per heavy atom. The van der Waals surface area contributed by atoms with Crippen molar-refractivity contribution in [3.05, 3.63) is 0 Å². The summed E-state index contributed by atoms with van der Waals surface area (Å²) < 4.78 is 32.3. The Kier molecular flexibility index (Phi) is 4.11. The number of carbonyl (C=O) groups excluding carboxylic acids is 2. The van der Waals surface area contributed by atoms with Gasteiger partial charge in [0.15, 0.2) is 6.10 Å². The van der Waals surface area contributed by atoms with Crippen LogP contribution in [-0.4, -0.2) is 35.7 Å². The minimum absolute atomic E-state index is 0.437. The standard InChI is InChI=1S/C16H22F2O5/c17-16(18,13(20)21)12(1-2-19)23-14(22)15-6-9-3-10(7-15)5-11(4-9)8-15/h9-12,19H,1-8H2,(H,20,21)/p-1. The van der Waals surface area contributed by atoms with Crippen LogP contribution in [0, 0.1) is 23.2 Å². The number of esters is 1. The summed E-state index contributed by atoms with van der Waals surface area (Å²) in [5, 5.41) is 19.5. The van der Waals surface area contributed by atoms with Gasteiger partial charge in [-0.25, -0.2) is 0 Å². The van der Waals surface area contributed by atoms with Crippen LogP contribution >= 0.6 is 0 Å². The fourth-order valence-electron chi connectivity index (χ4n) is 5.18. The lowest BCUT2D eigenvalue weighted by Gasteiger charge is -2.55. The molecule has 4 fully saturated rings. The van der Waals surface area contributed by atoms with E-state index in [2.05, 4.69) is 0 Å². The van der Waals surface area contributed by atoms with Crippen LogP contribution in [0.1, 0.15) is 44.9 Å². The summed E-state index contributed by atoms with van der Waals surface area (Å²) in [6, 6.07) is 0. The predicted molar refractivity (Wildman–Crippen MR) is 72.1 cm³/mol. The van der Waals surface area contributed by atoms with Gasteiger partial charge < -0.3 is 19.7 Å². The van der Waals surface area contributed by atoms with Crippen molar-refractivity contribution in [3.63, 3.8) is 0 Å². The Labute approximate surface area is 133 Å². The second-order valence-corrected chi connectivity index (χ2v) is 7.51. The Balaban J connectivity index is 1.76. The quantitative estimate of drug-likeness (QED) is 0.730. The molecule has 130 valence electrons. The molecule has 0 aromatic rings. The first-order chi connectivity index (χ1) is 10.8. The number of aliphatic hydroxyl groups excluding tert-OH is 1. The van der Waals surface area contributed by atoms with E-state index in [4.69, 9.17) is 9.84 Å². The summed E-state index contributed by atoms with van der Waals surface area (Å²) in [5.74, 6) is -6.31. The second-order valence-electron chi connectivity index (χ2n) is 7.51. The Morgan fingerprint density at radius 3 is 2.04 bits per heavy atom. The lowest BCUT2D eigenvalue weighted by atomic mass is 9.49. The van der Waals surface area contributed by atoms with Gasteiger partial charge in [-0.05, 0) is 56.3 Å². The van der Waals surface area contributed by atoms with Crippen LogP contribution in [0.15, 0.2) is 0 Å². The van der Waals surface area contributed by atoms with Crippen LogP contribution in [0.25, 0.3) is 0 Å². The van der Waals surface area contributed by atoms with Gasteiger partial charge in [-0.1, -0.05) is 0 Å². The number of carboxylic acid groups (broad SMARTS) is 1. The normalized spacial score (nSPS) is 36.7. The van der Waals surface area contributed by atoms with Crippen molar-refractivity contribution in [2.24, 2.45) is 23.2 Å². The Bertz CT molecular complexity index is 469. The third-order valence-corrected chi connectivity index (χ3v) is 5.79. The van der Waals surface area contributed by atoms with Crippen LogP contribution in [0.3, 0.4) is 0 Å². The zero-order valence-electron chi connectivity index (χ0n) is 12.8. The van der Waals surface area contributed by atoms with E-state index in [-0.39, 0.29) is 0 Å². The molecule has 0 saturated heterocycles. The zero-order valence-corrected chi connectivity index (χ0v) is 12.8. The van der Waals surface area contributed by atoms with Gasteiger partial charge in [0.1, 0.15) is 5.97 Å². The molecule has 1 atom stereocenters. The predicted octanol–water partition coefficient (Wildman–Crippen LogP) is 0.882. The molecule has 4 aliphatic carbocycles. The van der Waals surface area contributed by atoms with Gasteiger partial charge in [0.25, 0.3) is 0 Å². The third-order valence-electron chi connectivity index (χ3n) is 5.79. The van der Waals surface area contributed by atoms with E-state index in [1.54, 1.807) is 0 Å². The van der Waals surface area contributed by atoms with Gasteiger partial charge in [0.2, 0.25) is 0 Å². The van der Waals surface area contributed by atoms with Gasteiger partial charge >= 0.3 is 11.9 Å². The van der Waals surface area contributed by atoms with Crippen molar-refractivity contribution in [1.29, 1.82) is 0 Å². The summed E-state index contributed by atoms with van der Waals surface area (Å²) in [6.45, 7) is -0.693. The molecular weight excluding hydrogens is 310 g/mol. The summed E-state index contributed by atoms with van der Waals surface area (Å²) in [5.41, 5.74) is -0.746. The highest BCUT2D eigenvalue weighted by Crippen LogP contribution is 2.60. The highest BCUT2D eigenvalue weighted by Gasteiger charge is 2.57. The summed E-state index contributed by atoms with van der Waals surface area (Å²) in [4.78, 5) is 23.2. The number of aliphatic carboxylic acids is 1. The van der Waals surface area contributed by atoms with E-state index in [1.165, 1.54) is 0 Å². The van der Waals surface area contributed by atoms with Gasteiger partial charge in [-0.15, -0.1) is 0 Å². The summed E-state index contributed by atoms with van der Waals surface area (Å²) in [7, 11) is 0. The van der Waals surface area contributed by atoms with E-state index < -0.39 is 42.4 Å². The minimum Gasteiger partial charge on any atom is -0.544 e. The Morgan fingerprint density at radius 1 is 1.17 bits per heavy atom. The van der Waals surface area contributed by atoms with Gasteiger partial charge in [0.05, 0.1) is 5.41 Å². The topological polar surface area (TPSA) is 86.7 Å². The molecule has 23 heavy (non-hydrogen) atoms.